The van der Waals surface area contributed by atoms with Gasteiger partial charge in [0.05, 0.1) is 0 Å². The van der Waals surface area contributed by atoms with Gasteiger partial charge in [-0.25, -0.2) is 4.98 Å². The summed E-state index contributed by atoms with van der Waals surface area (Å²) in [6, 6.07) is 0. The fourth-order valence-electron chi connectivity index (χ4n) is 1.36. The van der Waals surface area contributed by atoms with E-state index in [-0.39, 0.29) is 29.5 Å². The third kappa shape index (κ3) is 9.82. The molecule has 20 heavy (non-hydrogen) atoms. The van der Waals surface area contributed by atoms with E-state index in [1.54, 1.807) is 23.1 Å². The Labute approximate surface area is 147 Å². The first-order valence-corrected chi connectivity index (χ1v) is 8.46. The molecule has 0 saturated carbocycles. The van der Waals surface area contributed by atoms with Crippen molar-refractivity contribution >= 4 is 53.0 Å². The number of aliphatic imine (C=N–C) groups is 1. The first-order chi connectivity index (χ1) is 9.01. The van der Waals surface area contributed by atoms with Crippen LogP contribution in [0.15, 0.2) is 20.9 Å². The van der Waals surface area contributed by atoms with Gasteiger partial charge in [-0.2, -0.15) is 0 Å². The van der Waals surface area contributed by atoms with Gasteiger partial charge in [0.1, 0.15) is 4.34 Å². The summed E-state index contributed by atoms with van der Waals surface area (Å²) in [5.74, 6) is 1.96. The summed E-state index contributed by atoms with van der Waals surface area (Å²) in [4.78, 5) is 8.83. The summed E-state index contributed by atoms with van der Waals surface area (Å²) in [5.41, 5.74) is 0.0383. The lowest BCUT2D eigenvalue weighted by molar-refractivity contribution is 0.501. The lowest BCUT2D eigenvalue weighted by atomic mass is 10.1. The van der Waals surface area contributed by atoms with Crippen LogP contribution in [0.5, 0.6) is 0 Å². The molecule has 116 valence electrons. The van der Waals surface area contributed by atoms with Gasteiger partial charge in [0, 0.05) is 36.0 Å². The van der Waals surface area contributed by atoms with E-state index in [1.165, 1.54) is 0 Å². The standard InChI is InChI=1S/C13H24N4S2.HI/c1-5-14-11(17-13(2,3)4)15-7-6-9-18-12-16-8-10-19-12;/h8,10H,5-7,9H2,1-4H3,(H2,14,15,17);1H. The Morgan fingerprint density at radius 3 is 2.75 bits per heavy atom. The van der Waals surface area contributed by atoms with E-state index in [4.69, 9.17) is 0 Å². The lowest BCUT2D eigenvalue weighted by Crippen LogP contribution is -2.47. The molecule has 0 unspecified atom stereocenters. The molecule has 1 aromatic heterocycles. The van der Waals surface area contributed by atoms with Crippen LogP contribution >= 0.6 is 47.1 Å². The van der Waals surface area contributed by atoms with E-state index in [2.05, 4.69) is 48.3 Å². The number of nitrogens with one attached hydrogen (secondary N) is 2. The Bertz CT molecular complexity index is 374. The highest BCUT2D eigenvalue weighted by Crippen LogP contribution is 2.20. The molecule has 0 aliphatic heterocycles. The van der Waals surface area contributed by atoms with Crippen molar-refractivity contribution in [1.82, 2.24) is 15.6 Å². The number of halogens is 1. The Kier molecular flexibility index (Phi) is 10.7. The predicted octanol–water partition coefficient (Wildman–Crippen LogP) is 3.60. The Balaban J connectivity index is 0.00000361. The molecule has 2 N–H and O–H groups in total. The van der Waals surface area contributed by atoms with Crippen molar-refractivity contribution in [3.05, 3.63) is 11.6 Å². The molecule has 0 saturated heterocycles. The number of nitrogens with zero attached hydrogens (tertiary/aromatic N) is 2. The van der Waals surface area contributed by atoms with E-state index in [0.717, 1.165) is 35.6 Å². The smallest absolute Gasteiger partial charge is 0.191 e. The number of aromatic nitrogens is 1. The van der Waals surface area contributed by atoms with Crippen LogP contribution in [0, 0.1) is 0 Å². The second-order valence-corrected chi connectivity index (χ2v) is 7.37. The van der Waals surface area contributed by atoms with E-state index in [9.17, 15) is 0 Å². The summed E-state index contributed by atoms with van der Waals surface area (Å²) in [6.45, 7) is 10.2. The highest BCUT2D eigenvalue weighted by Gasteiger charge is 2.11. The van der Waals surface area contributed by atoms with Crippen LogP contribution in [0.1, 0.15) is 34.1 Å². The number of hydrogen-bond acceptors (Lipinski definition) is 4. The molecule has 1 rings (SSSR count). The molecule has 4 nitrogen and oxygen atoms in total. The maximum atomic E-state index is 4.58. The number of guanidine groups is 1. The molecule has 7 heteroatoms. The second-order valence-electron chi connectivity index (χ2n) is 5.14. The number of thioether (sulfide) groups is 1. The van der Waals surface area contributed by atoms with Crippen LogP contribution in [-0.4, -0.2) is 35.3 Å². The van der Waals surface area contributed by atoms with Crippen molar-refractivity contribution in [3.8, 4) is 0 Å². The van der Waals surface area contributed by atoms with E-state index >= 15 is 0 Å². The zero-order chi connectivity index (χ0) is 14.1. The Hall–Kier alpha value is -0.0200. The molecule has 1 heterocycles. The third-order valence-electron chi connectivity index (χ3n) is 2.05. The molecule has 0 atom stereocenters. The summed E-state index contributed by atoms with van der Waals surface area (Å²) in [6.07, 6.45) is 2.91. The maximum Gasteiger partial charge on any atom is 0.191 e. The van der Waals surface area contributed by atoms with Gasteiger partial charge >= 0.3 is 0 Å². The molecule has 0 spiro atoms. The zero-order valence-corrected chi connectivity index (χ0v) is 16.6. The number of rotatable bonds is 6. The molecule has 0 amide bonds. The summed E-state index contributed by atoms with van der Waals surface area (Å²) in [7, 11) is 0. The normalized spacial score (nSPS) is 11.9. The summed E-state index contributed by atoms with van der Waals surface area (Å²) in [5, 5.41) is 8.66. The molecular weight excluding hydrogens is 403 g/mol. The molecule has 0 aromatic carbocycles. The minimum absolute atomic E-state index is 0. The van der Waals surface area contributed by atoms with Gasteiger partial charge in [-0.05, 0) is 34.1 Å². The van der Waals surface area contributed by atoms with Crippen molar-refractivity contribution in [2.45, 2.75) is 44.0 Å². The average molecular weight is 428 g/mol. The monoisotopic (exact) mass is 428 g/mol. The van der Waals surface area contributed by atoms with Gasteiger partial charge in [0.15, 0.2) is 5.96 Å². The van der Waals surface area contributed by atoms with Crippen LogP contribution in [0.4, 0.5) is 0 Å². The van der Waals surface area contributed by atoms with Crippen LogP contribution < -0.4 is 10.6 Å². The fourth-order valence-corrected chi connectivity index (χ4v) is 2.99. The van der Waals surface area contributed by atoms with Crippen LogP contribution in [-0.2, 0) is 0 Å². The van der Waals surface area contributed by atoms with Crippen LogP contribution in [0.25, 0.3) is 0 Å². The van der Waals surface area contributed by atoms with Crippen molar-refractivity contribution in [2.24, 2.45) is 4.99 Å². The highest BCUT2D eigenvalue weighted by molar-refractivity contribution is 14.0. The highest BCUT2D eigenvalue weighted by atomic mass is 127. The van der Waals surface area contributed by atoms with Gasteiger partial charge in [0.25, 0.3) is 0 Å². The minimum atomic E-state index is 0. The molecule has 0 fully saturated rings. The first-order valence-electron chi connectivity index (χ1n) is 6.60. The zero-order valence-electron chi connectivity index (χ0n) is 12.6. The van der Waals surface area contributed by atoms with Crippen molar-refractivity contribution < 1.29 is 0 Å². The van der Waals surface area contributed by atoms with Gasteiger partial charge in [0.2, 0.25) is 0 Å². The molecular formula is C13H25IN4S2. The molecule has 0 radical (unpaired) electrons. The van der Waals surface area contributed by atoms with Gasteiger partial charge in [-0.1, -0.05) is 11.8 Å². The lowest BCUT2D eigenvalue weighted by Gasteiger charge is -2.23. The quantitative estimate of drug-likeness (QED) is 0.239. The predicted molar refractivity (Wildman–Crippen MR) is 102 cm³/mol. The topological polar surface area (TPSA) is 49.3 Å². The Morgan fingerprint density at radius 2 is 2.20 bits per heavy atom. The molecule has 0 aliphatic carbocycles. The van der Waals surface area contributed by atoms with Crippen molar-refractivity contribution in [2.75, 3.05) is 18.8 Å². The average Bonchev–Trinajstić information content (AvgIpc) is 2.79. The van der Waals surface area contributed by atoms with Crippen molar-refractivity contribution in [3.63, 3.8) is 0 Å². The number of hydrogen-bond donors (Lipinski definition) is 2. The summed E-state index contributed by atoms with van der Waals surface area (Å²) >= 11 is 3.50. The molecule has 0 bridgehead atoms. The second kappa shape index (κ2) is 10.7. The van der Waals surface area contributed by atoms with Gasteiger partial charge < -0.3 is 10.6 Å². The Morgan fingerprint density at radius 1 is 1.45 bits per heavy atom. The SMILES string of the molecule is CCNC(=NCCCSc1nccs1)NC(C)(C)C.I. The van der Waals surface area contributed by atoms with Crippen molar-refractivity contribution in [1.29, 1.82) is 0 Å². The molecule has 0 aliphatic rings. The third-order valence-corrected chi connectivity index (χ3v) is 4.10. The van der Waals surface area contributed by atoms with Gasteiger partial charge in [-0.3, -0.25) is 4.99 Å². The number of thiazole rings is 1. The molecule has 1 aromatic rings. The fraction of sp³-hybridized carbons (Fsp3) is 0.692. The first kappa shape index (κ1) is 20.0. The van der Waals surface area contributed by atoms with E-state index in [1.807, 2.05) is 11.6 Å². The minimum Gasteiger partial charge on any atom is -0.357 e. The van der Waals surface area contributed by atoms with Crippen LogP contribution in [0.3, 0.4) is 0 Å². The van der Waals surface area contributed by atoms with E-state index < -0.39 is 0 Å². The summed E-state index contributed by atoms with van der Waals surface area (Å²) < 4.78 is 1.14. The maximum absolute atomic E-state index is 4.58. The largest absolute Gasteiger partial charge is 0.357 e. The van der Waals surface area contributed by atoms with Gasteiger partial charge in [-0.15, -0.1) is 35.3 Å². The van der Waals surface area contributed by atoms with E-state index in [0.29, 0.717) is 0 Å². The van der Waals surface area contributed by atoms with Crippen LogP contribution in [0.2, 0.25) is 0 Å².